The molecule has 16 heavy (non-hydrogen) atoms. The molecule has 0 atom stereocenters. The first-order chi connectivity index (χ1) is 7.66. The average Bonchev–Trinajstić information content (AvgIpc) is 2.60. The summed E-state index contributed by atoms with van der Waals surface area (Å²) in [4.78, 5) is 0. The fourth-order valence-electron chi connectivity index (χ4n) is 1.58. The molecule has 0 amide bonds. The fourth-order valence-corrected chi connectivity index (χ4v) is 1.58. The number of nitrogens with one attached hydrogen (secondary N) is 1. The molecule has 0 unspecified atom stereocenters. The summed E-state index contributed by atoms with van der Waals surface area (Å²) in [6, 6.07) is 8.56. The molecule has 0 saturated carbocycles. The summed E-state index contributed by atoms with van der Waals surface area (Å²) < 4.78 is 1.87. The Kier molecular flexibility index (Phi) is 2.95. The normalized spacial score (nSPS) is 10.4. The minimum absolute atomic E-state index is 0.840. The van der Waals surface area contributed by atoms with Crippen molar-refractivity contribution in [2.24, 2.45) is 7.05 Å². The van der Waals surface area contributed by atoms with E-state index in [0.29, 0.717) is 0 Å². The van der Waals surface area contributed by atoms with E-state index in [-0.39, 0.29) is 0 Å². The van der Waals surface area contributed by atoms with Gasteiger partial charge in [-0.05, 0) is 19.4 Å². The van der Waals surface area contributed by atoms with Gasteiger partial charge in [0.2, 0.25) is 0 Å². The zero-order valence-corrected chi connectivity index (χ0v) is 9.99. The Morgan fingerprint density at radius 1 is 1.19 bits per heavy atom. The van der Waals surface area contributed by atoms with Gasteiger partial charge in [-0.3, -0.25) is 4.68 Å². The SMILES string of the molecule is Cc1ccc(CNc2cnn(C)c2C)cc1. The van der Waals surface area contributed by atoms with E-state index >= 15 is 0 Å². The minimum Gasteiger partial charge on any atom is -0.378 e. The molecule has 0 aliphatic heterocycles. The van der Waals surface area contributed by atoms with Crippen LogP contribution in [0.1, 0.15) is 16.8 Å². The summed E-state index contributed by atoms with van der Waals surface area (Å²) >= 11 is 0. The molecule has 0 aliphatic carbocycles. The van der Waals surface area contributed by atoms with Gasteiger partial charge in [-0.1, -0.05) is 29.8 Å². The number of hydrogen-bond acceptors (Lipinski definition) is 2. The molecule has 1 N–H and O–H groups in total. The molecule has 1 heterocycles. The van der Waals surface area contributed by atoms with Crippen molar-refractivity contribution in [1.82, 2.24) is 9.78 Å². The van der Waals surface area contributed by atoms with Crippen molar-refractivity contribution in [3.05, 3.63) is 47.3 Å². The highest BCUT2D eigenvalue weighted by molar-refractivity contribution is 5.46. The smallest absolute Gasteiger partial charge is 0.0758 e. The summed E-state index contributed by atoms with van der Waals surface area (Å²) in [7, 11) is 1.95. The van der Waals surface area contributed by atoms with E-state index in [2.05, 4.69) is 48.5 Å². The lowest BCUT2D eigenvalue weighted by Gasteiger charge is -2.06. The van der Waals surface area contributed by atoms with Crippen LogP contribution in [0.5, 0.6) is 0 Å². The molecule has 1 aromatic carbocycles. The molecule has 0 saturated heterocycles. The van der Waals surface area contributed by atoms with Gasteiger partial charge in [0.05, 0.1) is 17.6 Å². The molecule has 1 aromatic heterocycles. The van der Waals surface area contributed by atoms with Gasteiger partial charge < -0.3 is 5.32 Å². The maximum Gasteiger partial charge on any atom is 0.0758 e. The first-order valence-corrected chi connectivity index (χ1v) is 5.45. The van der Waals surface area contributed by atoms with E-state index in [1.807, 2.05) is 17.9 Å². The van der Waals surface area contributed by atoms with Crippen molar-refractivity contribution in [2.75, 3.05) is 5.32 Å². The van der Waals surface area contributed by atoms with Crippen molar-refractivity contribution in [3.8, 4) is 0 Å². The monoisotopic (exact) mass is 215 g/mol. The van der Waals surface area contributed by atoms with Gasteiger partial charge in [0.25, 0.3) is 0 Å². The number of aromatic nitrogens is 2. The van der Waals surface area contributed by atoms with Crippen molar-refractivity contribution in [3.63, 3.8) is 0 Å². The predicted octanol–water partition coefficient (Wildman–Crippen LogP) is 2.65. The van der Waals surface area contributed by atoms with E-state index < -0.39 is 0 Å². The Labute approximate surface area is 96.1 Å². The van der Waals surface area contributed by atoms with Crippen LogP contribution in [-0.2, 0) is 13.6 Å². The molecule has 0 aliphatic rings. The lowest BCUT2D eigenvalue weighted by molar-refractivity contribution is 0.740. The molecule has 0 spiro atoms. The third-order valence-corrected chi connectivity index (χ3v) is 2.84. The van der Waals surface area contributed by atoms with Gasteiger partial charge in [0.1, 0.15) is 0 Å². The lowest BCUT2D eigenvalue weighted by atomic mass is 10.1. The number of rotatable bonds is 3. The van der Waals surface area contributed by atoms with Gasteiger partial charge in [0, 0.05) is 13.6 Å². The Morgan fingerprint density at radius 2 is 1.88 bits per heavy atom. The molecule has 3 heteroatoms. The molecule has 0 fully saturated rings. The first kappa shape index (κ1) is 10.7. The van der Waals surface area contributed by atoms with Crippen LogP contribution in [0.2, 0.25) is 0 Å². The van der Waals surface area contributed by atoms with Crippen LogP contribution in [-0.4, -0.2) is 9.78 Å². The summed E-state index contributed by atoms with van der Waals surface area (Å²) in [5, 5.41) is 7.58. The van der Waals surface area contributed by atoms with E-state index in [4.69, 9.17) is 0 Å². The first-order valence-electron chi connectivity index (χ1n) is 5.45. The van der Waals surface area contributed by atoms with E-state index in [9.17, 15) is 0 Å². The topological polar surface area (TPSA) is 29.9 Å². The van der Waals surface area contributed by atoms with Crippen LogP contribution < -0.4 is 5.32 Å². The molecule has 0 radical (unpaired) electrons. The Morgan fingerprint density at radius 3 is 2.44 bits per heavy atom. The fraction of sp³-hybridized carbons (Fsp3) is 0.308. The van der Waals surface area contributed by atoms with Gasteiger partial charge in [-0.15, -0.1) is 0 Å². The van der Waals surface area contributed by atoms with Gasteiger partial charge >= 0.3 is 0 Å². The second kappa shape index (κ2) is 4.39. The molecule has 2 aromatic rings. The third kappa shape index (κ3) is 2.24. The van der Waals surface area contributed by atoms with Crippen LogP contribution in [0.3, 0.4) is 0 Å². The molecule has 3 nitrogen and oxygen atoms in total. The summed E-state index contributed by atoms with van der Waals surface area (Å²) in [6.45, 7) is 5.00. The highest BCUT2D eigenvalue weighted by Gasteiger charge is 2.02. The van der Waals surface area contributed by atoms with Crippen LogP contribution in [0, 0.1) is 13.8 Å². The van der Waals surface area contributed by atoms with E-state index in [0.717, 1.165) is 17.9 Å². The number of nitrogens with zero attached hydrogens (tertiary/aromatic N) is 2. The van der Waals surface area contributed by atoms with Crippen molar-refractivity contribution < 1.29 is 0 Å². The minimum atomic E-state index is 0.840. The van der Waals surface area contributed by atoms with Crippen molar-refractivity contribution in [2.45, 2.75) is 20.4 Å². The maximum atomic E-state index is 4.20. The van der Waals surface area contributed by atoms with Crippen molar-refractivity contribution in [1.29, 1.82) is 0 Å². The Bertz CT molecular complexity index is 468. The van der Waals surface area contributed by atoms with Gasteiger partial charge in [-0.2, -0.15) is 5.10 Å². The lowest BCUT2D eigenvalue weighted by Crippen LogP contribution is -2.01. The average molecular weight is 215 g/mol. The highest BCUT2D eigenvalue weighted by Crippen LogP contribution is 2.13. The standard InChI is InChI=1S/C13H17N3/c1-10-4-6-12(7-5-10)8-14-13-9-15-16(3)11(13)2/h4-7,9,14H,8H2,1-3H3. The third-order valence-electron chi connectivity index (χ3n) is 2.84. The Balaban J connectivity index is 2.02. The van der Waals surface area contributed by atoms with E-state index in [1.54, 1.807) is 0 Å². The maximum absolute atomic E-state index is 4.20. The number of benzene rings is 1. The number of aryl methyl sites for hydroxylation is 2. The van der Waals surface area contributed by atoms with Gasteiger partial charge in [0.15, 0.2) is 0 Å². The van der Waals surface area contributed by atoms with Crippen LogP contribution in [0.4, 0.5) is 5.69 Å². The van der Waals surface area contributed by atoms with Crippen LogP contribution in [0.15, 0.2) is 30.5 Å². The molecular formula is C13H17N3. The zero-order chi connectivity index (χ0) is 11.5. The van der Waals surface area contributed by atoms with E-state index in [1.165, 1.54) is 11.1 Å². The quantitative estimate of drug-likeness (QED) is 0.853. The van der Waals surface area contributed by atoms with Crippen molar-refractivity contribution >= 4 is 5.69 Å². The highest BCUT2D eigenvalue weighted by atomic mass is 15.3. The largest absolute Gasteiger partial charge is 0.378 e. The van der Waals surface area contributed by atoms with Crippen LogP contribution >= 0.6 is 0 Å². The van der Waals surface area contributed by atoms with Gasteiger partial charge in [-0.25, -0.2) is 0 Å². The summed E-state index contributed by atoms with van der Waals surface area (Å²) in [5.41, 5.74) is 4.84. The Hall–Kier alpha value is -1.77. The summed E-state index contributed by atoms with van der Waals surface area (Å²) in [5.74, 6) is 0. The summed E-state index contributed by atoms with van der Waals surface area (Å²) in [6.07, 6.45) is 1.86. The zero-order valence-electron chi connectivity index (χ0n) is 9.99. The predicted molar refractivity (Wildman–Crippen MR) is 66.5 cm³/mol. The van der Waals surface area contributed by atoms with Crippen LogP contribution in [0.25, 0.3) is 0 Å². The second-order valence-electron chi connectivity index (χ2n) is 4.11. The number of anilines is 1. The number of hydrogen-bond donors (Lipinski definition) is 1. The molecule has 0 bridgehead atoms. The molecule has 2 rings (SSSR count). The molecule has 84 valence electrons. The second-order valence-corrected chi connectivity index (χ2v) is 4.11. The molecular weight excluding hydrogens is 198 g/mol.